The lowest BCUT2D eigenvalue weighted by Gasteiger charge is -2.30. The lowest BCUT2D eigenvalue weighted by Crippen LogP contribution is -2.42. The van der Waals surface area contributed by atoms with Crippen LogP contribution >= 0.6 is 0 Å². The molecule has 5 heteroatoms. The van der Waals surface area contributed by atoms with E-state index < -0.39 is 6.10 Å². The summed E-state index contributed by atoms with van der Waals surface area (Å²) in [5.74, 6) is 0.229. The van der Waals surface area contributed by atoms with Gasteiger partial charge >= 0.3 is 0 Å². The monoisotopic (exact) mass is 324 g/mol. The van der Waals surface area contributed by atoms with Crippen molar-refractivity contribution in [1.29, 1.82) is 0 Å². The third-order valence-electron chi connectivity index (χ3n) is 4.19. The number of carbonyl (C=O) groups excluding carboxylic acids is 2. The predicted octanol–water partition coefficient (Wildman–Crippen LogP) is 3.25. The first-order chi connectivity index (χ1) is 11.5. The van der Waals surface area contributed by atoms with Crippen molar-refractivity contribution in [2.75, 3.05) is 17.3 Å². The molecule has 124 valence electrons. The van der Waals surface area contributed by atoms with Crippen LogP contribution in [0.4, 0.5) is 11.4 Å². The third-order valence-corrected chi connectivity index (χ3v) is 4.19. The zero-order chi connectivity index (χ0) is 17.3. The molecule has 2 amide bonds. The Kier molecular flexibility index (Phi) is 4.25. The van der Waals surface area contributed by atoms with Gasteiger partial charge in [0.05, 0.1) is 5.69 Å². The number of aryl methyl sites for hydroxylation is 1. The highest BCUT2D eigenvalue weighted by molar-refractivity contribution is 6.06. The highest BCUT2D eigenvalue weighted by Gasteiger charge is 2.29. The van der Waals surface area contributed by atoms with Gasteiger partial charge in [-0.2, -0.15) is 0 Å². The predicted molar refractivity (Wildman–Crippen MR) is 93.7 cm³/mol. The average Bonchev–Trinajstić information content (AvgIpc) is 2.60. The number of likely N-dealkylation sites (N-methyl/N-ethyl adjacent to an activating group) is 1. The van der Waals surface area contributed by atoms with Crippen LogP contribution in [-0.2, 0) is 11.2 Å². The molecule has 1 unspecified atom stereocenters. The lowest BCUT2D eigenvalue weighted by molar-refractivity contribution is -0.125. The molecule has 0 radical (unpaired) electrons. The molecule has 0 saturated heterocycles. The van der Waals surface area contributed by atoms with E-state index in [2.05, 4.69) is 12.2 Å². The largest absolute Gasteiger partial charge is 0.479 e. The number of nitrogens with zero attached hydrogens (tertiary/aromatic N) is 1. The maximum Gasteiger partial charge on any atom is 0.267 e. The molecule has 5 nitrogen and oxygen atoms in total. The second-order valence-electron chi connectivity index (χ2n) is 5.84. The minimum atomic E-state index is -0.553. The van der Waals surface area contributed by atoms with E-state index in [0.717, 1.165) is 12.1 Å². The fourth-order valence-corrected chi connectivity index (χ4v) is 2.69. The highest BCUT2D eigenvalue weighted by atomic mass is 16.5. The molecule has 1 aliphatic rings. The molecule has 2 aromatic carbocycles. The number of hydrogen-bond donors (Lipinski definition) is 1. The summed E-state index contributed by atoms with van der Waals surface area (Å²) in [5.41, 5.74) is 3.12. The van der Waals surface area contributed by atoms with Gasteiger partial charge in [0.25, 0.3) is 11.8 Å². The molecule has 1 atom stereocenters. The number of carbonyl (C=O) groups is 2. The van der Waals surface area contributed by atoms with Crippen molar-refractivity contribution in [2.45, 2.75) is 26.4 Å². The molecular weight excluding hydrogens is 304 g/mol. The Hall–Kier alpha value is -2.82. The van der Waals surface area contributed by atoms with Gasteiger partial charge in [-0.25, -0.2) is 0 Å². The minimum Gasteiger partial charge on any atom is -0.479 e. The van der Waals surface area contributed by atoms with Crippen LogP contribution in [0.1, 0.15) is 29.8 Å². The summed E-state index contributed by atoms with van der Waals surface area (Å²) in [6.45, 7) is 3.78. The Morgan fingerprint density at radius 2 is 1.92 bits per heavy atom. The summed E-state index contributed by atoms with van der Waals surface area (Å²) >= 11 is 0. The van der Waals surface area contributed by atoms with Gasteiger partial charge in [0, 0.05) is 18.3 Å². The zero-order valence-electron chi connectivity index (χ0n) is 14.0. The van der Waals surface area contributed by atoms with Crippen molar-refractivity contribution in [1.82, 2.24) is 0 Å². The number of anilines is 2. The van der Waals surface area contributed by atoms with Gasteiger partial charge in [-0.15, -0.1) is 0 Å². The Bertz CT molecular complexity index is 784. The van der Waals surface area contributed by atoms with Gasteiger partial charge in [-0.1, -0.05) is 19.1 Å². The zero-order valence-corrected chi connectivity index (χ0v) is 14.0. The van der Waals surface area contributed by atoms with Crippen LogP contribution in [0, 0.1) is 0 Å². The Morgan fingerprint density at radius 1 is 1.21 bits per heavy atom. The number of hydrogen-bond acceptors (Lipinski definition) is 3. The Balaban J connectivity index is 1.81. The molecule has 0 fully saturated rings. The molecule has 24 heavy (non-hydrogen) atoms. The van der Waals surface area contributed by atoms with Crippen molar-refractivity contribution in [3.8, 4) is 5.75 Å². The number of fused-ring (bicyclic) bond motifs is 1. The molecule has 1 heterocycles. The van der Waals surface area contributed by atoms with E-state index in [1.807, 2.05) is 24.3 Å². The molecule has 3 rings (SSSR count). The maximum absolute atomic E-state index is 12.4. The second-order valence-corrected chi connectivity index (χ2v) is 5.84. The van der Waals surface area contributed by atoms with Crippen molar-refractivity contribution in [3.63, 3.8) is 0 Å². The highest BCUT2D eigenvalue weighted by Crippen LogP contribution is 2.34. The summed E-state index contributed by atoms with van der Waals surface area (Å²) in [6, 6.07) is 12.9. The Labute approximate surface area is 141 Å². The molecule has 2 aromatic rings. The SMILES string of the molecule is CCc1ccc(NC(=O)c2ccc3c(c2)OC(C)C(=O)N3C)cc1. The van der Waals surface area contributed by atoms with E-state index in [1.54, 1.807) is 37.1 Å². The molecule has 0 bridgehead atoms. The van der Waals surface area contributed by atoms with Crippen LogP contribution in [0.3, 0.4) is 0 Å². The first-order valence-corrected chi connectivity index (χ1v) is 7.98. The third kappa shape index (κ3) is 2.97. The maximum atomic E-state index is 12.4. The summed E-state index contributed by atoms with van der Waals surface area (Å²) in [6.07, 6.45) is 0.406. The number of benzene rings is 2. The fourth-order valence-electron chi connectivity index (χ4n) is 2.69. The molecule has 0 aromatic heterocycles. The molecule has 0 saturated carbocycles. The van der Waals surface area contributed by atoms with Crippen molar-refractivity contribution in [3.05, 3.63) is 53.6 Å². The number of nitrogens with one attached hydrogen (secondary N) is 1. The number of ether oxygens (including phenoxy) is 1. The van der Waals surface area contributed by atoms with E-state index in [9.17, 15) is 9.59 Å². The molecule has 0 aliphatic carbocycles. The standard InChI is InChI=1S/C19H20N2O3/c1-4-13-5-8-15(9-6-13)20-18(22)14-7-10-16-17(11-14)24-12(2)19(23)21(16)3/h5-12H,4H2,1-3H3,(H,20,22). The Morgan fingerprint density at radius 3 is 2.58 bits per heavy atom. The lowest BCUT2D eigenvalue weighted by atomic mass is 10.1. The topological polar surface area (TPSA) is 58.6 Å². The van der Waals surface area contributed by atoms with E-state index in [4.69, 9.17) is 4.74 Å². The van der Waals surface area contributed by atoms with Gasteiger partial charge in [0.1, 0.15) is 5.75 Å². The van der Waals surface area contributed by atoms with Crippen LogP contribution in [0.25, 0.3) is 0 Å². The van der Waals surface area contributed by atoms with Crippen LogP contribution in [0.2, 0.25) is 0 Å². The quantitative estimate of drug-likeness (QED) is 0.943. The van der Waals surface area contributed by atoms with Crippen molar-refractivity contribution < 1.29 is 14.3 Å². The number of amides is 2. The summed E-state index contributed by atoms with van der Waals surface area (Å²) < 4.78 is 5.61. The molecule has 0 spiro atoms. The summed E-state index contributed by atoms with van der Waals surface area (Å²) in [7, 11) is 1.70. The fraction of sp³-hybridized carbons (Fsp3) is 0.263. The van der Waals surface area contributed by atoms with E-state index in [0.29, 0.717) is 17.0 Å². The number of rotatable bonds is 3. The van der Waals surface area contributed by atoms with E-state index in [-0.39, 0.29) is 11.8 Å². The van der Waals surface area contributed by atoms with Crippen LogP contribution < -0.4 is 15.0 Å². The average molecular weight is 324 g/mol. The molecule has 1 aliphatic heterocycles. The first-order valence-electron chi connectivity index (χ1n) is 7.98. The second kappa shape index (κ2) is 6.35. The smallest absolute Gasteiger partial charge is 0.267 e. The van der Waals surface area contributed by atoms with E-state index >= 15 is 0 Å². The van der Waals surface area contributed by atoms with Gasteiger partial charge < -0.3 is 15.0 Å². The molecular formula is C19H20N2O3. The van der Waals surface area contributed by atoms with Gasteiger partial charge in [0.15, 0.2) is 6.10 Å². The van der Waals surface area contributed by atoms with Crippen LogP contribution in [0.5, 0.6) is 5.75 Å². The normalized spacial score (nSPS) is 16.4. The van der Waals surface area contributed by atoms with E-state index in [1.165, 1.54) is 5.56 Å². The van der Waals surface area contributed by atoms with Crippen molar-refractivity contribution in [2.24, 2.45) is 0 Å². The van der Waals surface area contributed by atoms with Crippen LogP contribution in [-0.4, -0.2) is 25.0 Å². The summed E-state index contributed by atoms with van der Waals surface area (Å²) in [4.78, 5) is 25.9. The first kappa shape index (κ1) is 16.1. The summed E-state index contributed by atoms with van der Waals surface area (Å²) in [5, 5.41) is 2.87. The van der Waals surface area contributed by atoms with Crippen molar-refractivity contribution >= 4 is 23.2 Å². The molecule has 1 N–H and O–H groups in total. The van der Waals surface area contributed by atoms with Gasteiger partial charge in [-0.05, 0) is 49.2 Å². The van der Waals surface area contributed by atoms with Crippen LogP contribution in [0.15, 0.2) is 42.5 Å². The minimum absolute atomic E-state index is 0.101. The van der Waals surface area contributed by atoms with Gasteiger partial charge in [-0.3, -0.25) is 9.59 Å². The van der Waals surface area contributed by atoms with Gasteiger partial charge in [0.2, 0.25) is 0 Å².